The van der Waals surface area contributed by atoms with Crippen molar-refractivity contribution in [3.05, 3.63) is 29.3 Å². The Kier molecular flexibility index (Phi) is 4.46. The van der Waals surface area contributed by atoms with E-state index in [1.165, 1.54) is 6.92 Å². The number of carbonyl (C=O) groups excluding carboxylic acids is 1. The molecule has 3 N–H and O–H groups in total. The van der Waals surface area contributed by atoms with Gasteiger partial charge in [0.15, 0.2) is 0 Å². The molecule has 1 atom stereocenters. The first-order chi connectivity index (χ1) is 7.54. The Bertz CT molecular complexity index is 377. The van der Waals surface area contributed by atoms with E-state index in [0.717, 1.165) is 5.56 Å². The zero-order valence-corrected chi connectivity index (χ0v) is 9.53. The van der Waals surface area contributed by atoms with Crippen LogP contribution < -0.4 is 5.32 Å². The van der Waals surface area contributed by atoms with Gasteiger partial charge in [0.1, 0.15) is 0 Å². The average molecular weight is 223 g/mol. The lowest BCUT2D eigenvalue weighted by atomic mass is 10.0. The molecule has 0 radical (unpaired) electrons. The van der Waals surface area contributed by atoms with E-state index in [2.05, 4.69) is 5.32 Å². The first kappa shape index (κ1) is 12.7. The minimum absolute atomic E-state index is 0.0887. The summed E-state index contributed by atoms with van der Waals surface area (Å²) in [6, 6.07) is 5.43. The molecule has 4 nitrogen and oxygen atoms in total. The first-order valence-corrected chi connectivity index (χ1v) is 5.21. The maximum Gasteiger partial charge on any atom is 0.221 e. The lowest BCUT2D eigenvalue weighted by molar-refractivity contribution is -0.114. The lowest BCUT2D eigenvalue weighted by Gasteiger charge is -2.15. The van der Waals surface area contributed by atoms with Gasteiger partial charge in [0.05, 0.1) is 6.10 Å². The molecule has 88 valence electrons. The number of benzene rings is 1. The molecule has 0 saturated carbocycles. The molecule has 1 unspecified atom stereocenters. The Labute approximate surface area is 94.9 Å². The van der Waals surface area contributed by atoms with E-state index in [0.29, 0.717) is 11.3 Å². The van der Waals surface area contributed by atoms with Crippen molar-refractivity contribution in [2.45, 2.75) is 26.4 Å². The molecule has 0 aliphatic carbocycles. The highest BCUT2D eigenvalue weighted by Gasteiger charge is 2.12. The second-order valence-corrected chi connectivity index (χ2v) is 3.80. The number of carbonyl (C=O) groups is 1. The highest BCUT2D eigenvalue weighted by atomic mass is 16.3. The predicted octanol–water partition coefficient (Wildman–Crippen LogP) is 1.37. The van der Waals surface area contributed by atoms with Crippen molar-refractivity contribution in [1.29, 1.82) is 0 Å². The largest absolute Gasteiger partial charge is 0.396 e. The van der Waals surface area contributed by atoms with Gasteiger partial charge in [0.2, 0.25) is 5.91 Å². The van der Waals surface area contributed by atoms with Crippen LogP contribution in [0.3, 0.4) is 0 Å². The first-order valence-electron chi connectivity index (χ1n) is 5.21. The van der Waals surface area contributed by atoms with E-state index in [9.17, 15) is 9.90 Å². The van der Waals surface area contributed by atoms with E-state index in [4.69, 9.17) is 5.11 Å². The van der Waals surface area contributed by atoms with Crippen LogP contribution in [0.4, 0.5) is 5.69 Å². The minimum atomic E-state index is -0.758. The smallest absolute Gasteiger partial charge is 0.221 e. The SMILES string of the molecule is CC(=O)Nc1ccc(C)cc1C(O)CCO. The fourth-order valence-corrected chi connectivity index (χ4v) is 1.54. The minimum Gasteiger partial charge on any atom is -0.396 e. The average Bonchev–Trinajstić information content (AvgIpc) is 2.20. The Balaban J connectivity index is 3.02. The fraction of sp³-hybridized carbons (Fsp3) is 0.417. The Hall–Kier alpha value is -1.39. The van der Waals surface area contributed by atoms with Gasteiger partial charge in [-0.1, -0.05) is 17.7 Å². The zero-order chi connectivity index (χ0) is 12.1. The van der Waals surface area contributed by atoms with E-state index in [-0.39, 0.29) is 18.9 Å². The van der Waals surface area contributed by atoms with Gasteiger partial charge in [0.25, 0.3) is 0 Å². The van der Waals surface area contributed by atoms with Gasteiger partial charge >= 0.3 is 0 Å². The predicted molar refractivity (Wildman–Crippen MR) is 62.1 cm³/mol. The number of anilines is 1. The van der Waals surface area contributed by atoms with Crippen molar-refractivity contribution in [3.8, 4) is 0 Å². The van der Waals surface area contributed by atoms with Crippen molar-refractivity contribution >= 4 is 11.6 Å². The molecule has 1 aromatic carbocycles. The third kappa shape index (κ3) is 3.32. The van der Waals surface area contributed by atoms with Gasteiger partial charge in [0, 0.05) is 31.2 Å². The molecule has 0 aliphatic heterocycles. The summed E-state index contributed by atoms with van der Waals surface area (Å²) < 4.78 is 0. The summed E-state index contributed by atoms with van der Waals surface area (Å²) in [4.78, 5) is 11.0. The van der Waals surface area contributed by atoms with Crippen LogP contribution in [0.25, 0.3) is 0 Å². The van der Waals surface area contributed by atoms with Crippen LogP contribution in [0.1, 0.15) is 30.6 Å². The summed E-state index contributed by atoms with van der Waals surface area (Å²) >= 11 is 0. The number of rotatable bonds is 4. The molecule has 1 aromatic rings. The summed E-state index contributed by atoms with van der Waals surface area (Å²) in [5.41, 5.74) is 2.24. The topological polar surface area (TPSA) is 69.6 Å². The summed E-state index contributed by atoms with van der Waals surface area (Å²) in [6.45, 7) is 3.24. The van der Waals surface area contributed by atoms with Crippen molar-refractivity contribution in [2.24, 2.45) is 0 Å². The highest BCUT2D eigenvalue weighted by molar-refractivity contribution is 5.89. The van der Waals surface area contributed by atoms with Crippen LogP contribution in [0, 0.1) is 6.92 Å². The maximum absolute atomic E-state index is 11.0. The molecule has 0 spiro atoms. The molecule has 0 bridgehead atoms. The molecule has 0 aromatic heterocycles. The summed E-state index contributed by atoms with van der Waals surface area (Å²) in [5.74, 6) is -0.179. The van der Waals surface area contributed by atoms with Gasteiger partial charge in [-0.05, 0) is 13.0 Å². The molecule has 16 heavy (non-hydrogen) atoms. The van der Waals surface area contributed by atoms with E-state index >= 15 is 0 Å². The molecule has 1 rings (SSSR count). The Morgan fingerprint density at radius 3 is 2.75 bits per heavy atom. The lowest BCUT2D eigenvalue weighted by Crippen LogP contribution is -2.11. The van der Waals surface area contributed by atoms with Crippen LogP contribution in [0.5, 0.6) is 0 Å². The van der Waals surface area contributed by atoms with E-state index in [1.807, 2.05) is 19.1 Å². The monoisotopic (exact) mass is 223 g/mol. The molecule has 0 aliphatic rings. The molecule has 4 heteroatoms. The van der Waals surface area contributed by atoms with Crippen molar-refractivity contribution in [1.82, 2.24) is 0 Å². The van der Waals surface area contributed by atoms with Crippen LogP contribution in [-0.4, -0.2) is 22.7 Å². The molecular formula is C12H17NO3. The second kappa shape index (κ2) is 5.63. The quantitative estimate of drug-likeness (QED) is 0.722. The standard InChI is InChI=1S/C12H17NO3/c1-8-3-4-11(13-9(2)15)10(7-8)12(16)5-6-14/h3-4,7,12,14,16H,5-6H2,1-2H3,(H,13,15). The zero-order valence-electron chi connectivity index (χ0n) is 9.53. The van der Waals surface area contributed by atoms with Gasteiger partial charge < -0.3 is 15.5 Å². The van der Waals surface area contributed by atoms with Crippen LogP contribution in [0.2, 0.25) is 0 Å². The molecule has 1 amide bonds. The Morgan fingerprint density at radius 1 is 1.50 bits per heavy atom. The van der Waals surface area contributed by atoms with Crippen LogP contribution in [-0.2, 0) is 4.79 Å². The summed E-state index contributed by atoms with van der Waals surface area (Å²) in [7, 11) is 0. The number of aliphatic hydroxyl groups is 2. The normalized spacial score (nSPS) is 12.2. The number of hydrogen-bond acceptors (Lipinski definition) is 3. The number of aryl methyl sites for hydroxylation is 1. The Morgan fingerprint density at radius 2 is 2.19 bits per heavy atom. The van der Waals surface area contributed by atoms with E-state index in [1.54, 1.807) is 6.07 Å². The molecular weight excluding hydrogens is 206 g/mol. The van der Waals surface area contributed by atoms with Crippen molar-refractivity contribution in [2.75, 3.05) is 11.9 Å². The van der Waals surface area contributed by atoms with E-state index < -0.39 is 6.10 Å². The molecule has 0 saturated heterocycles. The fourth-order valence-electron chi connectivity index (χ4n) is 1.54. The number of amides is 1. The molecule has 0 fully saturated rings. The van der Waals surface area contributed by atoms with Crippen molar-refractivity contribution < 1.29 is 15.0 Å². The van der Waals surface area contributed by atoms with Gasteiger partial charge in [-0.3, -0.25) is 4.79 Å². The number of nitrogens with one attached hydrogen (secondary N) is 1. The maximum atomic E-state index is 11.0. The van der Waals surface area contributed by atoms with Crippen LogP contribution in [0.15, 0.2) is 18.2 Å². The molecule has 0 heterocycles. The second-order valence-electron chi connectivity index (χ2n) is 3.80. The third-order valence-electron chi connectivity index (χ3n) is 2.28. The summed E-state index contributed by atoms with van der Waals surface area (Å²) in [6.07, 6.45) is -0.498. The summed E-state index contributed by atoms with van der Waals surface area (Å²) in [5, 5.41) is 21.3. The highest BCUT2D eigenvalue weighted by Crippen LogP contribution is 2.26. The van der Waals surface area contributed by atoms with Gasteiger partial charge in [-0.15, -0.1) is 0 Å². The number of aliphatic hydroxyl groups excluding tert-OH is 2. The van der Waals surface area contributed by atoms with Gasteiger partial charge in [-0.2, -0.15) is 0 Å². The number of hydrogen-bond donors (Lipinski definition) is 3. The van der Waals surface area contributed by atoms with Crippen LogP contribution >= 0.6 is 0 Å². The van der Waals surface area contributed by atoms with Crippen molar-refractivity contribution in [3.63, 3.8) is 0 Å². The third-order valence-corrected chi connectivity index (χ3v) is 2.28. The van der Waals surface area contributed by atoms with Gasteiger partial charge in [-0.25, -0.2) is 0 Å².